The summed E-state index contributed by atoms with van der Waals surface area (Å²) in [6.45, 7) is 8.25. The molecule has 0 amide bonds. The molecule has 0 bridgehead atoms. The van der Waals surface area contributed by atoms with Gasteiger partial charge in [0.15, 0.2) is 0 Å². The lowest BCUT2D eigenvalue weighted by atomic mass is 10.1. The highest BCUT2D eigenvalue weighted by atomic mass is 35.5. The topological polar surface area (TPSA) is 43.8 Å². The number of hydrogen-bond donors (Lipinski definition) is 1. The summed E-state index contributed by atoms with van der Waals surface area (Å²) in [5.74, 6) is 0.983. The van der Waals surface area contributed by atoms with Crippen LogP contribution in [0.2, 0.25) is 5.02 Å². The molecule has 2 N–H and O–H groups in total. The number of benzene rings is 1. The van der Waals surface area contributed by atoms with Crippen molar-refractivity contribution < 1.29 is 4.39 Å². The molecule has 1 aromatic heterocycles. The van der Waals surface area contributed by atoms with Crippen LogP contribution in [-0.2, 0) is 12.0 Å². The first-order valence-corrected chi connectivity index (χ1v) is 7.46. The highest BCUT2D eigenvalue weighted by Gasteiger charge is 2.25. The van der Waals surface area contributed by atoms with Crippen molar-refractivity contribution in [1.29, 1.82) is 0 Å². The molecule has 0 radical (unpaired) electrons. The Morgan fingerprint density at radius 1 is 1.33 bits per heavy atom. The van der Waals surface area contributed by atoms with Crippen molar-refractivity contribution in [2.24, 2.45) is 0 Å². The van der Waals surface area contributed by atoms with Gasteiger partial charge in [-0.1, -0.05) is 18.5 Å². The quantitative estimate of drug-likeness (QED) is 0.898. The first kappa shape index (κ1) is 15.8. The monoisotopic (exact) mass is 309 g/mol. The van der Waals surface area contributed by atoms with Gasteiger partial charge in [-0.25, -0.2) is 9.37 Å². The van der Waals surface area contributed by atoms with Crippen molar-refractivity contribution in [3.63, 3.8) is 0 Å². The maximum atomic E-state index is 14.1. The van der Waals surface area contributed by atoms with Gasteiger partial charge in [0.2, 0.25) is 0 Å². The number of nitrogen functional groups attached to an aromatic ring is 1. The summed E-state index contributed by atoms with van der Waals surface area (Å²) in [6, 6.07) is 4.43. The van der Waals surface area contributed by atoms with E-state index in [1.54, 1.807) is 6.07 Å². The first-order chi connectivity index (χ1) is 9.75. The lowest BCUT2D eigenvalue weighted by Gasteiger charge is -2.25. The van der Waals surface area contributed by atoms with Gasteiger partial charge in [-0.15, -0.1) is 0 Å². The van der Waals surface area contributed by atoms with Crippen molar-refractivity contribution in [2.45, 2.75) is 46.1 Å². The van der Waals surface area contributed by atoms with Crippen molar-refractivity contribution in [3.8, 4) is 11.3 Å². The fraction of sp³-hybridized carbons (Fsp3) is 0.438. The van der Waals surface area contributed by atoms with Gasteiger partial charge in [0.05, 0.1) is 0 Å². The molecule has 0 saturated carbocycles. The molecular formula is C16H21ClFN3. The van der Waals surface area contributed by atoms with Crippen LogP contribution in [0.25, 0.3) is 11.3 Å². The van der Waals surface area contributed by atoms with Crippen LogP contribution in [0.4, 0.5) is 10.2 Å². The largest absolute Gasteiger partial charge is 0.383 e. The molecule has 0 fully saturated rings. The summed E-state index contributed by atoms with van der Waals surface area (Å²) in [4.78, 5) is 4.58. The fourth-order valence-electron chi connectivity index (χ4n) is 2.50. The maximum absolute atomic E-state index is 14.1. The average molecular weight is 310 g/mol. The van der Waals surface area contributed by atoms with Crippen molar-refractivity contribution in [1.82, 2.24) is 9.55 Å². The molecule has 1 aromatic carbocycles. The second-order valence-corrected chi connectivity index (χ2v) is 6.58. The number of aryl methyl sites for hydroxylation is 1. The second kappa shape index (κ2) is 5.68. The zero-order valence-electron chi connectivity index (χ0n) is 12.9. The fourth-order valence-corrected chi connectivity index (χ4v) is 2.67. The van der Waals surface area contributed by atoms with Crippen LogP contribution in [0.1, 0.15) is 39.9 Å². The Kier molecular flexibility index (Phi) is 4.28. The van der Waals surface area contributed by atoms with E-state index in [0.717, 1.165) is 18.7 Å². The van der Waals surface area contributed by atoms with E-state index < -0.39 is 0 Å². The van der Waals surface area contributed by atoms with Gasteiger partial charge >= 0.3 is 0 Å². The van der Waals surface area contributed by atoms with Crippen LogP contribution in [0.5, 0.6) is 0 Å². The number of aromatic nitrogens is 2. The Hall–Kier alpha value is -1.55. The lowest BCUT2D eigenvalue weighted by Crippen LogP contribution is -2.25. The van der Waals surface area contributed by atoms with E-state index in [-0.39, 0.29) is 11.4 Å². The molecule has 2 aromatic rings. The smallest absolute Gasteiger partial charge is 0.132 e. The molecule has 21 heavy (non-hydrogen) atoms. The Balaban J connectivity index is 2.68. The van der Waals surface area contributed by atoms with Gasteiger partial charge in [0, 0.05) is 22.5 Å². The molecule has 0 unspecified atom stereocenters. The summed E-state index contributed by atoms with van der Waals surface area (Å²) in [5, 5.41) is 0.466. The number of halogens is 2. The van der Waals surface area contributed by atoms with Crippen LogP contribution in [0, 0.1) is 5.82 Å². The minimum Gasteiger partial charge on any atom is -0.383 e. The summed E-state index contributed by atoms with van der Waals surface area (Å²) in [6.07, 6.45) is 1.74. The van der Waals surface area contributed by atoms with Gasteiger partial charge in [-0.2, -0.15) is 0 Å². The molecule has 0 aliphatic heterocycles. The molecule has 0 atom stereocenters. The van der Waals surface area contributed by atoms with Gasteiger partial charge in [0.1, 0.15) is 23.2 Å². The number of rotatable bonds is 3. The SMILES string of the molecule is CCCc1nc(-c2cc(Cl)ccc2F)c(N)n1C(C)(C)C. The van der Waals surface area contributed by atoms with Crippen molar-refractivity contribution in [2.75, 3.05) is 5.73 Å². The van der Waals surface area contributed by atoms with Crippen LogP contribution in [0.3, 0.4) is 0 Å². The molecule has 0 saturated heterocycles. The first-order valence-electron chi connectivity index (χ1n) is 7.08. The van der Waals surface area contributed by atoms with Crippen molar-refractivity contribution in [3.05, 3.63) is 34.9 Å². The number of nitrogens with two attached hydrogens (primary N) is 1. The van der Waals surface area contributed by atoms with Gasteiger partial charge in [-0.05, 0) is 45.4 Å². The summed E-state index contributed by atoms with van der Waals surface area (Å²) in [5.41, 5.74) is 6.86. The minimum absolute atomic E-state index is 0.213. The number of nitrogens with zero attached hydrogens (tertiary/aromatic N) is 2. The van der Waals surface area contributed by atoms with E-state index in [1.165, 1.54) is 12.1 Å². The molecule has 5 heteroatoms. The molecular weight excluding hydrogens is 289 g/mol. The summed E-state index contributed by atoms with van der Waals surface area (Å²) in [7, 11) is 0. The van der Waals surface area contributed by atoms with Gasteiger partial charge < -0.3 is 10.3 Å². The highest BCUT2D eigenvalue weighted by Crippen LogP contribution is 2.34. The molecule has 114 valence electrons. The van der Waals surface area contributed by atoms with Crippen LogP contribution >= 0.6 is 11.6 Å². The van der Waals surface area contributed by atoms with Crippen molar-refractivity contribution >= 4 is 17.4 Å². The standard InChI is InChI=1S/C16H21ClFN3/c1-5-6-13-20-14(15(19)21(13)16(2,3)4)11-9-10(17)7-8-12(11)18/h7-9H,5-6,19H2,1-4H3. The lowest BCUT2D eigenvalue weighted by molar-refractivity contribution is 0.387. The summed E-state index contributed by atoms with van der Waals surface area (Å²) < 4.78 is 16.1. The van der Waals surface area contributed by atoms with Crippen LogP contribution < -0.4 is 5.73 Å². The third-order valence-corrected chi connectivity index (χ3v) is 3.55. The Morgan fingerprint density at radius 2 is 2.00 bits per heavy atom. The average Bonchev–Trinajstić information content (AvgIpc) is 2.69. The second-order valence-electron chi connectivity index (χ2n) is 6.14. The normalized spacial score (nSPS) is 11.9. The minimum atomic E-state index is -0.368. The van der Waals surface area contributed by atoms with E-state index in [0.29, 0.717) is 22.1 Å². The Labute approximate surface area is 129 Å². The maximum Gasteiger partial charge on any atom is 0.132 e. The summed E-state index contributed by atoms with van der Waals surface area (Å²) >= 11 is 5.97. The van der Waals surface area contributed by atoms with Crippen LogP contribution in [0.15, 0.2) is 18.2 Å². The zero-order chi connectivity index (χ0) is 15.8. The molecule has 2 rings (SSSR count). The molecule has 0 spiro atoms. The van der Waals surface area contributed by atoms with E-state index in [2.05, 4.69) is 32.7 Å². The third kappa shape index (κ3) is 3.05. The van der Waals surface area contributed by atoms with Gasteiger partial charge in [-0.3, -0.25) is 0 Å². The Morgan fingerprint density at radius 3 is 2.57 bits per heavy atom. The van der Waals surface area contributed by atoms with E-state index in [4.69, 9.17) is 17.3 Å². The molecule has 1 heterocycles. The van der Waals surface area contributed by atoms with E-state index in [1.807, 2.05) is 4.57 Å². The highest BCUT2D eigenvalue weighted by molar-refractivity contribution is 6.30. The molecule has 3 nitrogen and oxygen atoms in total. The van der Waals surface area contributed by atoms with Crippen LogP contribution in [-0.4, -0.2) is 9.55 Å². The molecule has 0 aliphatic carbocycles. The Bertz CT molecular complexity index is 656. The number of imidazole rings is 1. The van der Waals surface area contributed by atoms with Gasteiger partial charge in [0.25, 0.3) is 0 Å². The molecule has 0 aliphatic rings. The number of anilines is 1. The number of hydrogen-bond acceptors (Lipinski definition) is 2. The zero-order valence-corrected chi connectivity index (χ0v) is 13.6. The predicted molar refractivity (Wildman–Crippen MR) is 86.0 cm³/mol. The third-order valence-electron chi connectivity index (χ3n) is 3.31. The van der Waals surface area contributed by atoms with E-state index >= 15 is 0 Å². The van der Waals surface area contributed by atoms with E-state index in [9.17, 15) is 4.39 Å². The predicted octanol–water partition coefficient (Wildman–Crippen LogP) is 4.63.